The summed E-state index contributed by atoms with van der Waals surface area (Å²) in [7, 11) is -3.52. The summed E-state index contributed by atoms with van der Waals surface area (Å²) >= 11 is 0. The Bertz CT molecular complexity index is 807. The first-order chi connectivity index (χ1) is 10.9. The Labute approximate surface area is 137 Å². The van der Waals surface area contributed by atoms with Crippen molar-refractivity contribution >= 4 is 15.6 Å². The van der Waals surface area contributed by atoms with Crippen LogP contribution in [0.25, 0.3) is 0 Å². The van der Waals surface area contributed by atoms with Crippen molar-refractivity contribution < 1.29 is 13.2 Å². The van der Waals surface area contributed by atoms with Gasteiger partial charge in [-0.3, -0.25) is 4.79 Å². The van der Waals surface area contributed by atoms with Gasteiger partial charge in [0.15, 0.2) is 9.84 Å². The van der Waals surface area contributed by atoms with Gasteiger partial charge in [0, 0.05) is 6.42 Å². The highest BCUT2D eigenvalue weighted by atomic mass is 32.2. The third-order valence-corrected chi connectivity index (χ3v) is 6.55. The van der Waals surface area contributed by atoms with Crippen LogP contribution in [-0.4, -0.2) is 20.0 Å². The summed E-state index contributed by atoms with van der Waals surface area (Å²) < 4.78 is 25.7. The van der Waals surface area contributed by atoms with Gasteiger partial charge in [0.25, 0.3) is 0 Å². The predicted octanol–water partition coefficient (Wildman–Crippen LogP) is 3.46. The summed E-state index contributed by atoms with van der Waals surface area (Å²) in [5, 5.41) is 0. The third kappa shape index (κ3) is 2.95. The molecule has 0 unspecified atom stereocenters. The van der Waals surface area contributed by atoms with Crippen molar-refractivity contribution in [2.24, 2.45) is 0 Å². The molecular weight excluding hydrogens is 308 g/mol. The van der Waals surface area contributed by atoms with E-state index >= 15 is 0 Å². The van der Waals surface area contributed by atoms with E-state index in [-0.39, 0.29) is 16.4 Å². The SMILES string of the molecule is Cc1ccc(S(=O)(=O)C[C@@]2(c3ccccc3)CCCC2=O)cc1. The normalized spacial score (nSPS) is 21.5. The zero-order chi connectivity index (χ0) is 16.5. The molecule has 120 valence electrons. The van der Waals surface area contributed by atoms with E-state index in [2.05, 4.69) is 0 Å². The average molecular weight is 328 g/mol. The average Bonchev–Trinajstić information content (AvgIpc) is 2.90. The van der Waals surface area contributed by atoms with E-state index in [0.717, 1.165) is 17.5 Å². The zero-order valence-corrected chi connectivity index (χ0v) is 14.0. The highest BCUT2D eigenvalue weighted by molar-refractivity contribution is 7.91. The molecule has 0 aliphatic heterocycles. The van der Waals surface area contributed by atoms with Crippen molar-refractivity contribution in [3.05, 3.63) is 65.7 Å². The van der Waals surface area contributed by atoms with Crippen LogP contribution in [-0.2, 0) is 20.0 Å². The number of ketones is 1. The van der Waals surface area contributed by atoms with E-state index in [9.17, 15) is 13.2 Å². The van der Waals surface area contributed by atoms with Crippen molar-refractivity contribution in [3.63, 3.8) is 0 Å². The van der Waals surface area contributed by atoms with Crippen molar-refractivity contribution in [3.8, 4) is 0 Å². The van der Waals surface area contributed by atoms with Crippen LogP contribution in [0.3, 0.4) is 0 Å². The molecule has 3 rings (SSSR count). The number of sulfone groups is 1. The maximum atomic E-state index is 12.9. The van der Waals surface area contributed by atoms with Gasteiger partial charge in [-0.25, -0.2) is 8.42 Å². The number of rotatable bonds is 4. The molecule has 1 fully saturated rings. The molecule has 0 bridgehead atoms. The van der Waals surface area contributed by atoms with Gasteiger partial charge in [-0.2, -0.15) is 0 Å². The number of carbonyl (C=O) groups excluding carboxylic acids is 1. The summed E-state index contributed by atoms with van der Waals surface area (Å²) in [6.07, 6.45) is 1.80. The van der Waals surface area contributed by atoms with E-state index in [4.69, 9.17) is 0 Å². The Morgan fingerprint density at radius 1 is 1.00 bits per heavy atom. The minimum atomic E-state index is -3.52. The summed E-state index contributed by atoms with van der Waals surface area (Å²) in [6.45, 7) is 1.92. The second-order valence-electron chi connectivity index (χ2n) is 6.30. The summed E-state index contributed by atoms with van der Waals surface area (Å²) in [5.74, 6) is -0.106. The van der Waals surface area contributed by atoms with Crippen LogP contribution >= 0.6 is 0 Å². The molecule has 0 amide bonds. The second-order valence-corrected chi connectivity index (χ2v) is 8.29. The van der Waals surface area contributed by atoms with Gasteiger partial charge < -0.3 is 0 Å². The van der Waals surface area contributed by atoms with Crippen molar-refractivity contribution in [1.29, 1.82) is 0 Å². The topological polar surface area (TPSA) is 51.2 Å². The fourth-order valence-electron chi connectivity index (χ4n) is 3.38. The summed E-state index contributed by atoms with van der Waals surface area (Å²) in [5.41, 5.74) is 0.933. The first-order valence-corrected chi connectivity index (χ1v) is 9.48. The molecule has 0 aromatic heterocycles. The van der Waals surface area contributed by atoms with Gasteiger partial charge in [-0.1, -0.05) is 48.0 Å². The molecular formula is C19H20O3S. The van der Waals surface area contributed by atoms with E-state index in [1.54, 1.807) is 24.3 Å². The second kappa shape index (κ2) is 5.93. The Hall–Kier alpha value is -1.94. The van der Waals surface area contributed by atoms with E-state index in [1.165, 1.54) is 0 Å². The Balaban J connectivity index is 2.03. The minimum absolute atomic E-state index is 0.0411. The zero-order valence-electron chi connectivity index (χ0n) is 13.2. The standard InChI is InChI=1S/C19H20O3S/c1-15-9-11-17(12-10-15)23(21,22)14-19(13-5-8-18(19)20)16-6-3-2-4-7-16/h2-4,6-7,9-12H,5,8,13-14H2,1H3/t19-/m1/s1. The van der Waals surface area contributed by atoms with Crippen LogP contribution < -0.4 is 0 Å². The smallest absolute Gasteiger partial charge is 0.179 e. The fourth-order valence-corrected chi connectivity index (χ4v) is 5.22. The lowest BCUT2D eigenvalue weighted by Crippen LogP contribution is -2.38. The number of carbonyl (C=O) groups is 1. The molecule has 1 aliphatic rings. The van der Waals surface area contributed by atoms with Crippen LogP contribution in [0, 0.1) is 6.92 Å². The molecule has 2 aromatic carbocycles. The van der Waals surface area contributed by atoms with Crippen LogP contribution in [0.1, 0.15) is 30.4 Å². The minimum Gasteiger partial charge on any atom is -0.299 e. The first-order valence-electron chi connectivity index (χ1n) is 7.82. The van der Waals surface area contributed by atoms with E-state index < -0.39 is 15.3 Å². The molecule has 0 radical (unpaired) electrons. The maximum absolute atomic E-state index is 12.9. The molecule has 1 saturated carbocycles. The maximum Gasteiger partial charge on any atom is 0.179 e. The molecule has 0 saturated heterocycles. The summed E-state index contributed by atoms with van der Waals surface area (Å²) in [4.78, 5) is 12.9. The Kier molecular flexibility index (Phi) is 4.11. The predicted molar refractivity (Wildman–Crippen MR) is 90.2 cm³/mol. The first kappa shape index (κ1) is 15.9. The highest BCUT2D eigenvalue weighted by Gasteiger charge is 2.46. The van der Waals surface area contributed by atoms with Crippen LogP contribution in [0.15, 0.2) is 59.5 Å². The van der Waals surface area contributed by atoms with Gasteiger partial charge in [-0.15, -0.1) is 0 Å². The van der Waals surface area contributed by atoms with Gasteiger partial charge in [0.2, 0.25) is 0 Å². The lowest BCUT2D eigenvalue weighted by Gasteiger charge is -2.27. The third-order valence-electron chi connectivity index (χ3n) is 4.68. The molecule has 1 atom stereocenters. The lowest BCUT2D eigenvalue weighted by molar-refractivity contribution is -0.121. The van der Waals surface area contributed by atoms with Crippen LogP contribution in [0.5, 0.6) is 0 Å². The molecule has 1 aliphatic carbocycles. The lowest BCUT2D eigenvalue weighted by atomic mass is 9.80. The Morgan fingerprint density at radius 2 is 1.65 bits per heavy atom. The fraction of sp³-hybridized carbons (Fsp3) is 0.316. The molecule has 4 heteroatoms. The van der Waals surface area contributed by atoms with Gasteiger partial charge in [0.05, 0.1) is 16.1 Å². The van der Waals surface area contributed by atoms with Crippen LogP contribution in [0.4, 0.5) is 0 Å². The van der Waals surface area contributed by atoms with Gasteiger partial charge in [0.1, 0.15) is 5.78 Å². The van der Waals surface area contributed by atoms with E-state index in [1.807, 2.05) is 37.3 Å². The number of Topliss-reactive ketones (excluding diaryl/α,β-unsaturated/α-hetero) is 1. The summed E-state index contributed by atoms with van der Waals surface area (Å²) in [6, 6.07) is 16.2. The van der Waals surface area contributed by atoms with Crippen molar-refractivity contribution in [2.45, 2.75) is 36.5 Å². The van der Waals surface area contributed by atoms with Crippen molar-refractivity contribution in [1.82, 2.24) is 0 Å². The quantitative estimate of drug-likeness (QED) is 0.863. The molecule has 0 heterocycles. The molecule has 0 spiro atoms. The Morgan fingerprint density at radius 3 is 2.22 bits per heavy atom. The largest absolute Gasteiger partial charge is 0.299 e. The van der Waals surface area contributed by atoms with Crippen LogP contribution in [0.2, 0.25) is 0 Å². The number of hydrogen-bond donors (Lipinski definition) is 0. The monoisotopic (exact) mass is 328 g/mol. The molecule has 0 N–H and O–H groups in total. The number of benzene rings is 2. The highest BCUT2D eigenvalue weighted by Crippen LogP contribution is 2.40. The van der Waals surface area contributed by atoms with E-state index in [0.29, 0.717) is 12.8 Å². The van der Waals surface area contributed by atoms with Gasteiger partial charge >= 0.3 is 0 Å². The van der Waals surface area contributed by atoms with Crippen molar-refractivity contribution in [2.75, 3.05) is 5.75 Å². The molecule has 23 heavy (non-hydrogen) atoms. The number of hydrogen-bond acceptors (Lipinski definition) is 3. The molecule has 2 aromatic rings. The molecule has 3 nitrogen and oxygen atoms in total. The van der Waals surface area contributed by atoms with Gasteiger partial charge in [-0.05, 0) is 37.5 Å². The number of aryl methyl sites for hydroxylation is 1.